The fraction of sp³-hybridized carbons (Fsp3) is 0. The van der Waals surface area contributed by atoms with Gasteiger partial charge in [-0.15, -0.1) is 0 Å². The molecular formula is C28H15Cl3N2O3. The van der Waals surface area contributed by atoms with E-state index in [1.165, 1.54) is 0 Å². The van der Waals surface area contributed by atoms with E-state index in [0.717, 1.165) is 16.3 Å². The van der Waals surface area contributed by atoms with E-state index in [-0.39, 0.29) is 5.76 Å². The molecule has 0 saturated carbocycles. The summed E-state index contributed by atoms with van der Waals surface area (Å²) in [5.41, 5.74) is 3.23. The molecule has 0 bridgehead atoms. The minimum atomic E-state index is -0.405. The summed E-state index contributed by atoms with van der Waals surface area (Å²) < 4.78 is 11.8. The van der Waals surface area contributed by atoms with E-state index in [0.29, 0.717) is 49.1 Å². The Balaban J connectivity index is 1.27. The van der Waals surface area contributed by atoms with Crippen molar-refractivity contribution in [2.75, 3.05) is 5.32 Å². The molecule has 176 valence electrons. The lowest BCUT2D eigenvalue weighted by atomic mass is 10.0. The standard InChI is InChI=1S/C28H15Cl3N2O3/c29-15-7-9-20(22(31)13-15)24-11-12-26(35-24)27(34)32-16-8-10-25-23(14-16)33-28(36-25)19-5-1-4-18-17(19)3-2-6-21(18)30/h1-14H,(H,32,34). The van der Waals surface area contributed by atoms with Crippen molar-refractivity contribution >= 4 is 68.3 Å². The average Bonchev–Trinajstić information content (AvgIpc) is 3.51. The van der Waals surface area contributed by atoms with Gasteiger partial charge in [-0.1, -0.05) is 59.1 Å². The molecular weight excluding hydrogens is 519 g/mol. The lowest BCUT2D eigenvalue weighted by molar-refractivity contribution is 0.0997. The van der Waals surface area contributed by atoms with Gasteiger partial charge in [-0.25, -0.2) is 4.98 Å². The molecule has 5 nitrogen and oxygen atoms in total. The number of nitrogens with one attached hydrogen (secondary N) is 1. The highest BCUT2D eigenvalue weighted by molar-refractivity contribution is 6.36. The largest absolute Gasteiger partial charge is 0.451 e. The summed E-state index contributed by atoms with van der Waals surface area (Å²) in [6.07, 6.45) is 0. The van der Waals surface area contributed by atoms with Gasteiger partial charge in [0, 0.05) is 32.2 Å². The van der Waals surface area contributed by atoms with Gasteiger partial charge in [0.2, 0.25) is 5.89 Å². The number of halogens is 3. The third-order valence-electron chi connectivity index (χ3n) is 5.77. The Labute approximate surface area is 220 Å². The van der Waals surface area contributed by atoms with Crippen LogP contribution >= 0.6 is 34.8 Å². The monoisotopic (exact) mass is 532 g/mol. The van der Waals surface area contributed by atoms with E-state index in [2.05, 4.69) is 10.3 Å². The summed E-state index contributed by atoms with van der Waals surface area (Å²) in [6.45, 7) is 0. The van der Waals surface area contributed by atoms with E-state index in [1.54, 1.807) is 48.5 Å². The Morgan fingerprint density at radius 2 is 1.58 bits per heavy atom. The van der Waals surface area contributed by atoms with Crippen LogP contribution in [0.25, 0.3) is 44.7 Å². The van der Waals surface area contributed by atoms with E-state index >= 15 is 0 Å². The minimum Gasteiger partial charge on any atom is -0.451 e. The normalized spacial score (nSPS) is 11.3. The molecule has 0 spiro atoms. The zero-order valence-electron chi connectivity index (χ0n) is 18.4. The van der Waals surface area contributed by atoms with E-state index < -0.39 is 5.91 Å². The molecule has 0 aliphatic rings. The predicted molar refractivity (Wildman–Crippen MR) is 144 cm³/mol. The Kier molecular flexibility index (Phi) is 5.69. The summed E-state index contributed by atoms with van der Waals surface area (Å²) in [4.78, 5) is 17.5. The number of rotatable bonds is 4. The molecule has 2 heterocycles. The molecule has 1 N–H and O–H groups in total. The molecule has 36 heavy (non-hydrogen) atoms. The minimum absolute atomic E-state index is 0.143. The number of hydrogen-bond acceptors (Lipinski definition) is 4. The van der Waals surface area contributed by atoms with Gasteiger partial charge in [0.25, 0.3) is 5.91 Å². The topological polar surface area (TPSA) is 68.3 Å². The highest BCUT2D eigenvalue weighted by atomic mass is 35.5. The van der Waals surface area contributed by atoms with Gasteiger partial charge < -0.3 is 14.2 Å². The molecule has 0 aliphatic heterocycles. The number of oxazole rings is 1. The van der Waals surface area contributed by atoms with Crippen LogP contribution in [0.4, 0.5) is 5.69 Å². The zero-order valence-corrected chi connectivity index (χ0v) is 20.7. The molecule has 6 rings (SSSR count). The molecule has 0 unspecified atom stereocenters. The second kappa shape index (κ2) is 9.03. The first kappa shape index (κ1) is 22.7. The van der Waals surface area contributed by atoms with Gasteiger partial charge in [-0.05, 0) is 66.0 Å². The molecule has 0 atom stereocenters. The van der Waals surface area contributed by atoms with E-state index in [1.807, 2.05) is 36.4 Å². The van der Waals surface area contributed by atoms with Crippen molar-refractivity contribution in [2.24, 2.45) is 0 Å². The molecule has 0 radical (unpaired) electrons. The van der Waals surface area contributed by atoms with Gasteiger partial charge in [0.1, 0.15) is 11.3 Å². The van der Waals surface area contributed by atoms with Gasteiger partial charge in [-0.3, -0.25) is 4.79 Å². The number of anilines is 1. The molecule has 0 fully saturated rings. The van der Waals surface area contributed by atoms with Gasteiger partial charge >= 0.3 is 0 Å². The number of carbonyl (C=O) groups is 1. The van der Waals surface area contributed by atoms with Crippen LogP contribution in [0.5, 0.6) is 0 Å². The van der Waals surface area contributed by atoms with Gasteiger partial charge in [-0.2, -0.15) is 0 Å². The van der Waals surface area contributed by atoms with Crippen molar-refractivity contribution in [1.82, 2.24) is 4.98 Å². The fourth-order valence-corrected chi connectivity index (χ4v) is 4.80. The van der Waals surface area contributed by atoms with Crippen LogP contribution in [0.15, 0.2) is 93.8 Å². The summed E-state index contributed by atoms with van der Waals surface area (Å²) >= 11 is 18.6. The number of furan rings is 1. The SMILES string of the molecule is O=C(Nc1ccc2oc(-c3cccc4c(Cl)cccc34)nc2c1)c1ccc(-c2ccc(Cl)cc2Cl)o1. The van der Waals surface area contributed by atoms with Crippen molar-refractivity contribution in [3.63, 3.8) is 0 Å². The maximum absolute atomic E-state index is 12.8. The van der Waals surface area contributed by atoms with Crippen molar-refractivity contribution < 1.29 is 13.6 Å². The predicted octanol–water partition coefficient (Wildman–Crippen LogP) is 9.12. The fourth-order valence-electron chi connectivity index (χ4n) is 4.07. The number of amides is 1. The maximum atomic E-state index is 12.8. The molecule has 6 aromatic rings. The summed E-state index contributed by atoms with van der Waals surface area (Å²) in [7, 11) is 0. The van der Waals surface area contributed by atoms with Crippen LogP contribution in [-0.2, 0) is 0 Å². The summed E-state index contributed by atoms with van der Waals surface area (Å²) in [5.74, 6) is 0.674. The number of benzene rings is 4. The Morgan fingerprint density at radius 1 is 0.750 bits per heavy atom. The van der Waals surface area contributed by atoms with Crippen molar-refractivity contribution in [3.05, 3.63) is 106 Å². The van der Waals surface area contributed by atoms with Gasteiger partial charge in [0.05, 0.1) is 5.02 Å². The second-order valence-corrected chi connectivity index (χ2v) is 9.34. The number of aromatic nitrogens is 1. The summed E-state index contributed by atoms with van der Waals surface area (Å²) in [5, 5.41) is 6.32. The quantitative estimate of drug-likeness (QED) is 0.245. The van der Waals surface area contributed by atoms with Crippen molar-refractivity contribution in [1.29, 1.82) is 0 Å². The number of nitrogens with zero attached hydrogens (tertiary/aromatic N) is 1. The van der Waals surface area contributed by atoms with Crippen LogP contribution in [0, 0.1) is 0 Å². The molecule has 2 aromatic heterocycles. The Hall–Kier alpha value is -3.77. The third-order valence-corrected chi connectivity index (χ3v) is 6.65. The van der Waals surface area contributed by atoms with Crippen LogP contribution < -0.4 is 5.32 Å². The van der Waals surface area contributed by atoms with E-state index in [4.69, 9.17) is 43.6 Å². The van der Waals surface area contributed by atoms with Crippen LogP contribution in [0.3, 0.4) is 0 Å². The first-order chi connectivity index (χ1) is 17.5. The van der Waals surface area contributed by atoms with Crippen molar-refractivity contribution in [2.45, 2.75) is 0 Å². The Morgan fingerprint density at radius 3 is 2.44 bits per heavy atom. The average molecular weight is 534 g/mol. The Bertz CT molecular complexity index is 1790. The first-order valence-electron chi connectivity index (χ1n) is 10.9. The molecule has 0 aliphatic carbocycles. The highest BCUT2D eigenvalue weighted by Crippen LogP contribution is 2.34. The molecule has 4 aromatic carbocycles. The lowest BCUT2D eigenvalue weighted by Gasteiger charge is -2.04. The van der Waals surface area contributed by atoms with Crippen LogP contribution in [0.1, 0.15) is 10.6 Å². The first-order valence-corrected chi connectivity index (χ1v) is 12.0. The van der Waals surface area contributed by atoms with Crippen molar-refractivity contribution in [3.8, 4) is 22.8 Å². The molecule has 1 amide bonds. The molecule has 8 heteroatoms. The van der Waals surface area contributed by atoms with Crippen LogP contribution in [-0.4, -0.2) is 10.9 Å². The lowest BCUT2D eigenvalue weighted by Crippen LogP contribution is -2.10. The third kappa shape index (κ3) is 4.11. The smallest absolute Gasteiger partial charge is 0.291 e. The number of hydrogen-bond donors (Lipinski definition) is 1. The molecule has 0 saturated heterocycles. The second-order valence-electron chi connectivity index (χ2n) is 8.08. The van der Waals surface area contributed by atoms with Gasteiger partial charge in [0.15, 0.2) is 11.3 Å². The summed E-state index contributed by atoms with van der Waals surface area (Å²) in [6, 6.07) is 25.1. The maximum Gasteiger partial charge on any atom is 0.291 e. The zero-order chi connectivity index (χ0) is 24.8. The number of fused-ring (bicyclic) bond motifs is 2. The highest BCUT2D eigenvalue weighted by Gasteiger charge is 2.16. The number of carbonyl (C=O) groups excluding carboxylic acids is 1. The van der Waals surface area contributed by atoms with E-state index in [9.17, 15) is 4.79 Å². The van der Waals surface area contributed by atoms with Crippen LogP contribution in [0.2, 0.25) is 15.1 Å².